The third kappa shape index (κ3) is 15.2. The van der Waals surface area contributed by atoms with Crippen LogP contribution < -0.4 is 30.7 Å². The predicted octanol–water partition coefficient (Wildman–Crippen LogP) is 5.72. The van der Waals surface area contributed by atoms with Gasteiger partial charge in [0.05, 0.1) is 58.5 Å². The number of rotatable bonds is 12. The van der Waals surface area contributed by atoms with E-state index in [1.54, 1.807) is 12.1 Å². The fraction of sp³-hybridized carbons (Fsp3) is 0.568. The number of amides is 2. The fourth-order valence-electron chi connectivity index (χ4n) is 7.41. The van der Waals surface area contributed by atoms with Gasteiger partial charge in [-0.15, -0.1) is 0 Å². The lowest BCUT2D eigenvalue weighted by Crippen LogP contribution is -2.37. The van der Waals surface area contributed by atoms with E-state index in [4.69, 9.17) is 64.1 Å². The van der Waals surface area contributed by atoms with Gasteiger partial charge in [-0.05, 0) is 62.4 Å². The van der Waals surface area contributed by atoms with Crippen LogP contribution in [-0.2, 0) is 14.2 Å². The average Bonchev–Trinajstić information content (AvgIpc) is 3.83. The molecular formula is C44H62Cl3N13O6. The second kappa shape index (κ2) is 25.5. The van der Waals surface area contributed by atoms with Gasteiger partial charge in [0.15, 0.2) is 0 Å². The first-order valence-corrected chi connectivity index (χ1v) is 23.6. The molecule has 0 aliphatic carbocycles. The number of aromatic nitrogens is 6. The van der Waals surface area contributed by atoms with E-state index in [1.165, 1.54) is 0 Å². The molecular weight excluding hydrogens is 913 g/mol. The van der Waals surface area contributed by atoms with E-state index >= 15 is 0 Å². The first kappa shape index (κ1) is 50.8. The van der Waals surface area contributed by atoms with Crippen LogP contribution in [-0.4, -0.2) is 168 Å². The highest BCUT2D eigenvalue weighted by atomic mass is 35.5. The first-order valence-electron chi connectivity index (χ1n) is 22.4. The van der Waals surface area contributed by atoms with Crippen LogP contribution in [0.4, 0.5) is 39.8 Å². The molecule has 4 aliphatic heterocycles. The van der Waals surface area contributed by atoms with Gasteiger partial charge in [0.2, 0.25) is 17.2 Å². The zero-order chi connectivity index (χ0) is 47.0. The molecule has 19 nitrogen and oxygen atoms in total. The number of halogens is 3. The highest BCUT2D eigenvalue weighted by molar-refractivity contribution is 6.32. The summed E-state index contributed by atoms with van der Waals surface area (Å²) < 4.78 is 16.0. The third-order valence-corrected chi connectivity index (χ3v) is 11.8. The summed E-state index contributed by atoms with van der Waals surface area (Å²) in [5, 5.41) is 28.7. The van der Waals surface area contributed by atoms with E-state index in [9.17, 15) is 9.90 Å². The van der Waals surface area contributed by atoms with Gasteiger partial charge >= 0.3 is 6.03 Å². The number of urea groups is 1. The Morgan fingerprint density at radius 3 is 1.70 bits per heavy atom. The van der Waals surface area contributed by atoms with E-state index in [0.717, 1.165) is 105 Å². The first-order chi connectivity index (χ1) is 31.9. The van der Waals surface area contributed by atoms with Gasteiger partial charge in [0, 0.05) is 93.9 Å². The van der Waals surface area contributed by atoms with E-state index in [2.05, 4.69) is 57.5 Å². The van der Waals surface area contributed by atoms with Crippen molar-refractivity contribution in [3.05, 3.63) is 57.6 Å². The van der Waals surface area contributed by atoms with Crippen molar-refractivity contribution in [3.63, 3.8) is 0 Å². The summed E-state index contributed by atoms with van der Waals surface area (Å²) in [4.78, 5) is 46.9. The van der Waals surface area contributed by atoms with Gasteiger partial charge in [-0.2, -0.15) is 9.97 Å². The maximum Gasteiger partial charge on any atom is 0.321 e. The van der Waals surface area contributed by atoms with Gasteiger partial charge in [-0.3, -0.25) is 0 Å². The number of aliphatic hydroxyl groups is 2. The smallest absolute Gasteiger partial charge is 0.321 e. The molecule has 0 spiro atoms. The second-order valence-corrected chi connectivity index (χ2v) is 17.5. The Hall–Kier alpha value is -4.60. The standard InChI is InChI=1S/C25H36N6O3.C11H17ClN4O2.C8H9Cl2N3O/c1-4-19-7-8-31(15-19)25(33)27-20-6-5-17(2)21(13-20)22-14-23(30-9-11-34-12-10-30)29-24(28-22)26-18(3)16-32;1-8(7-17)13-11-14-9(12)6-10(15-11)16-2-4-18-5-3-16;9-6-5-7(12-8(10)11-6)13-1-3-14-4-2-13/h5-6,13-14,18-19,32H,4,7-12,15-16H2,1-3H3,(H,27,33)(H,26,28,29);6,8,17H,2-5,7H2,1H3,(H,13,14,15);5H,1-4H2/t18-,19+;8-;/m00./s1. The third-order valence-electron chi connectivity index (χ3n) is 11.3. The van der Waals surface area contributed by atoms with Crippen LogP contribution in [0.3, 0.4) is 0 Å². The summed E-state index contributed by atoms with van der Waals surface area (Å²) in [6.45, 7) is 18.4. The Morgan fingerprint density at radius 1 is 0.697 bits per heavy atom. The van der Waals surface area contributed by atoms with Crippen LogP contribution in [0.15, 0.2) is 36.4 Å². The molecule has 4 saturated heterocycles. The second-order valence-electron chi connectivity index (χ2n) is 16.3. The number of likely N-dealkylation sites (tertiary alicyclic amines) is 1. The van der Waals surface area contributed by atoms with Crippen LogP contribution in [0.2, 0.25) is 15.6 Å². The quantitative estimate of drug-likeness (QED) is 0.0848. The Balaban J connectivity index is 0.000000187. The maximum absolute atomic E-state index is 12.8. The van der Waals surface area contributed by atoms with E-state index in [0.29, 0.717) is 67.8 Å². The number of benzene rings is 1. The molecule has 3 atom stereocenters. The van der Waals surface area contributed by atoms with Crippen LogP contribution in [0.1, 0.15) is 39.2 Å². The molecule has 7 heterocycles. The minimum absolute atomic E-state index is 0.0166. The number of nitrogens with zero attached hydrogens (tertiary/aromatic N) is 10. The minimum Gasteiger partial charge on any atom is -0.394 e. The summed E-state index contributed by atoms with van der Waals surface area (Å²) >= 11 is 17.5. The molecule has 0 unspecified atom stereocenters. The number of carbonyl (C=O) groups is 1. The molecule has 4 aromatic rings. The van der Waals surface area contributed by atoms with Crippen molar-refractivity contribution in [3.8, 4) is 11.3 Å². The lowest BCUT2D eigenvalue weighted by atomic mass is 10.0. The molecule has 8 rings (SSSR count). The van der Waals surface area contributed by atoms with Crippen molar-refractivity contribution < 1.29 is 29.2 Å². The number of aliphatic hydroxyl groups excluding tert-OH is 2. The molecule has 2 amide bonds. The molecule has 3 aromatic heterocycles. The van der Waals surface area contributed by atoms with Gasteiger partial charge in [0.1, 0.15) is 27.8 Å². The molecule has 4 aliphatic rings. The van der Waals surface area contributed by atoms with Gasteiger partial charge < -0.3 is 60.0 Å². The van der Waals surface area contributed by atoms with E-state index in [1.807, 2.05) is 49.9 Å². The predicted molar refractivity (Wildman–Crippen MR) is 260 cm³/mol. The van der Waals surface area contributed by atoms with Gasteiger partial charge in [-0.1, -0.05) is 42.6 Å². The van der Waals surface area contributed by atoms with Crippen molar-refractivity contribution >= 4 is 75.9 Å². The summed E-state index contributed by atoms with van der Waals surface area (Å²) in [6.07, 6.45) is 2.17. The lowest BCUT2D eigenvalue weighted by molar-refractivity contribution is 0.122. The molecule has 0 radical (unpaired) electrons. The zero-order valence-electron chi connectivity index (χ0n) is 38.1. The van der Waals surface area contributed by atoms with Crippen LogP contribution in [0.5, 0.6) is 0 Å². The summed E-state index contributed by atoms with van der Waals surface area (Å²) in [5.74, 6) is 3.86. The minimum atomic E-state index is -0.174. The number of anilines is 6. The van der Waals surface area contributed by atoms with Gasteiger partial charge in [0.25, 0.3) is 0 Å². The molecule has 1 aromatic carbocycles. The number of carbonyl (C=O) groups excluding carboxylic acids is 1. The normalized spacial score (nSPS) is 18.3. The van der Waals surface area contributed by atoms with Crippen molar-refractivity contribution in [2.75, 3.05) is 136 Å². The van der Waals surface area contributed by atoms with Crippen LogP contribution in [0.25, 0.3) is 11.3 Å². The fourth-order valence-corrected chi connectivity index (χ4v) is 7.99. The van der Waals surface area contributed by atoms with Crippen molar-refractivity contribution in [1.29, 1.82) is 0 Å². The topological polar surface area (TPSA) is 212 Å². The van der Waals surface area contributed by atoms with Crippen molar-refractivity contribution in [1.82, 2.24) is 34.8 Å². The maximum atomic E-state index is 12.8. The molecule has 4 fully saturated rings. The number of hydrogen-bond donors (Lipinski definition) is 5. The van der Waals surface area contributed by atoms with Crippen molar-refractivity contribution in [2.45, 2.75) is 52.6 Å². The highest BCUT2D eigenvalue weighted by Gasteiger charge is 2.25. The summed E-state index contributed by atoms with van der Waals surface area (Å²) in [6, 6.07) is 11.0. The summed E-state index contributed by atoms with van der Waals surface area (Å²) in [5.41, 5.74) is 3.50. The average molecular weight is 975 g/mol. The molecule has 22 heteroatoms. The number of ether oxygens (including phenoxy) is 3. The molecule has 360 valence electrons. The van der Waals surface area contributed by atoms with E-state index < -0.39 is 0 Å². The van der Waals surface area contributed by atoms with E-state index in [-0.39, 0.29) is 36.6 Å². The van der Waals surface area contributed by atoms with Gasteiger partial charge in [-0.25, -0.2) is 24.7 Å². The Bertz CT molecular complexity index is 2150. The Kier molecular flexibility index (Phi) is 19.6. The molecule has 0 saturated carbocycles. The number of hydrogen-bond acceptors (Lipinski definition) is 17. The largest absolute Gasteiger partial charge is 0.394 e. The van der Waals surface area contributed by atoms with Crippen LogP contribution in [0, 0.1) is 12.8 Å². The summed E-state index contributed by atoms with van der Waals surface area (Å²) in [7, 11) is 0. The number of morpholine rings is 3. The molecule has 5 N–H and O–H groups in total. The molecule has 0 bridgehead atoms. The Labute approximate surface area is 401 Å². The van der Waals surface area contributed by atoms with Crippen LogP contribution >= 0.6 is 34.8 Å². The lowest BCUT2D eigenvalue weighted by Gasteiger charge is -2.28. The van der Waals surface area contributed by atoms with Crippen molar-refractivity contribution in [2.24, 2.45) is 5.92 Å². The SMILES string of the molecule is CC[C@@H]1CCN(C(=O)Nc2ccc(C)c(-c3cc(N4CCOCC4)nc(N[C@@H](C)CO)n3)c2)C1.C[C@@H](CO)Nc1nc(Cl)cc(N2CCOCC2)n1.Clc1cc(N2CCOCC2)nc(Cl)n1. The monoisotopic (exact) mass is 973 g/mol. The number of aryl methyl sites for hydroxylation is 1. The molecule has 66 heavy (non-hydrogen) atoms. The highest BCUT2D eigenvalue weighted by Crippen LogP contribution is 2.30. The number of nitrogens with one attached hydrogen (secondary N) is 3. The zero-order valence-corrected chi connectivity index (χ0v) is 40.3. The Morgan fingerprint density at radius 2 is 1.20 bits per heavy atom.